The largest absolute Gasteiger partial charge is 0.390 e. The molecule has 2 fully saturated rings. The van der Waals surface area contributed by atoms with Crippen molar-refractivity contribution in [3.05, 3.63) is 0 Å². The van der Waals surface area contributed by atoms with Gasteiger partial charge in [0.25, 0.3) is 0 Å². The Bertz CT molecular complexity index is 187. The Morgan fingerprint density at radius 2 is 1.50 bits per heavy atom. The monoisotopic (exact) mass is 227 g/mol. The molecule has 16 heavy (non-hydrogen) atoms. The van der Waals surface area contributed by atoms with E-state index in [0.29, 0.717) is 0 Å². The van der Waals surface area contributed by atoms with E-state index in [0.717, 1.165) is 39.3 Å². The van der Waals surface area contributed by atoms with Crippen LogP contribution < -0.4 is 5.32 Å². The fourth-order valence-corrected chi connectivity index (χ4v) is 2.70. The summed E-state index contributed by atoms with van der Waals surface area (Å²) in [6, 6.07) is 0. The van der Waals surface area contributed by atoms with Gasteiger partial charge in [0, 0.05) is 26.2 Å². The van der Waals surface area contributed by atoms with Crippen LogP contribution in [0.25, 0.3) is 0 Å². The van der Waals surface area contributed by atoms with Gasteiger partial charge in [-0.3, -0.25) is 4.90 Å². The van der Waals surface area contributed by atoms with Crippen LogP contribution in [0.1, 0.15) is 19.3 Å². The Kier molecular flexibility index (Phi) is 5.03. The SMILES string of the molecule is O[C@H](CN1CCCC1)CN1CCCNCC1. The van der Waals surface area contributed by atoms with E-state index in [-0.39, 0.29) is 6.10 Å². The maximum absolute atomic E-state index is 10.0. The van der Waals surface area contributed by atoms with Crippen LogP contribution in [0, 0.1) is 0 Å². The second-order valence-corrected chi connectivity index (χ2v) is 5.07. The van der Waals surface area contributed by atoms with Gasteiger partial charge in [-0.2, -0.15) is 0 Å². The predicted octanol–water partition coefficient (Wildman–Crippen LogP) is -0.262. The van der Waals surface area contributed by atoms with Crippen LogP contribution in [0.4, 0.5) is 0 Å². The van der Waals surface area contributed by atoms with Gasteiger partial charge in [-0.05, 0) is 45.4 Å². The fourth-order valence-electron chi connectivity index (χ4n) is 2.70. The summed E-state index contributed by atoms with van der Waals surface area (Å²) in [6.07, 6.45) is 3.65. The molecule has 0 radical (unpaired) electrons. The molecule has 0 aromatic heterocycles. The second-order valence-electron chi connectivity index (χ2n) is 5.07. The summed E-state index contributed by atoms with van der Waals surface area (Å²) in [4.78, 5) is 4.78. The maximum Gasteiger partial charge on any atom is 0.0793 e. The van der Waals surface area contributed by atoms with E-state index < -0.39 is 0 Å². The number of β-amino-alcohol motifs (C(OH)–C–C–N with tert-alkyl or cyclic N) is 1. The first kappa shape index (κ1) is 12.3. The molecule has 0 aromatic carbocycles. The molecule has 2 saturated heterocycles. The topological polar surface area (TPSA) is 38.7 Å². The van der Waals surface area contributed by atoms with Crippen molar-refractivity contribution >= 4 is 0 Å². The summed E-state index contributed by atoms with van der Waals surface area (Å²) in [5.41, 5.74) is 0. The summed E-state index contributed by atoms with van der Waals surface area (Å²) in [6.45, 7) is 8.47. The molecule has 0 bridgehead atoms. The highest BCUT2D eigenvalue weighted by molar-refractivity contribution is 4.74. The van der Waals surface area contributed by atoms with Crippen molar-refractivity contribution in [2.45, 2.75) is 25.4 Å². The summed E-state index contributed by atoms with van der Waals surface area (Å²) < 4.78 is 0. The van der Waals surface area contributed by atoms with Crippen molar-refractivity contribution < 1.29 is 5.11 Å². The number of rotatable bonds is 4. The third-order valence-corrected chi connectivity index (χ3v) is 3.57. The second kappa shape index (κ2) is 6.55. The predicted molar refractivity (Wildman–Crippen MR) is 65.6 cm³/mol. The van der Waals surface area contributed by atoms with Gasteiger partial charge in [-0.25, -0.2) is 0 Å². The molecule has 0 amide bonds. The number of nitrogens with one attached hydrogen (secondary N) is 1. The van der Waals surface area contributed by atoms with Crippen LogP contribution in [0.15, 0.2) is 0 Å². The molecule has 2 rings (SSSR count). The number of aliphatic hydroxyl groups excluding tert-OH is 1. The molecule has 2 N–H and O–H groups in total. The first-order chi connectivity index (χ1) is 7.84. The first-order valence-corrected chi connectivity index (χ1v) is 6.68. The Morgan fingerprint density at radius 3 is 2.25 bits per heavy atom. The molecule has 2 heterocycles. The normalized spacial score (nSPS) is 26.8. The lowest BCUT2D eigenvalue weighted by Gasteiger charge is -2.25. The van der Waals surface area contributed by atoms with Gasteiger partial charge in [-0.15, -0.1) is 0 Å². The minimum atomic E-state index is -0.170. The molecule has 4 heteroatoms. The van der Waals surface area contributed by atoms with Crippen LogP contribution in [0.5, 0.6) is 0 Å². The van der Waals surface area contributed by atoms with Crippen molar-refractivity contribution in [1.82, 2.24) is 15.1 Å². The Balaban J connectivity index is 1.66. The zero-order valence-electron chi connectivity index (χ0n) is 10.2. The standard InChI is InChI=1S/C12H25N3O/c16-12(10-14-6-1-2-7-14)11-15-8-3-4-13-5-9-15/h12-13,16H,1-11H2/t12-/m1/s1. The third kappa shape index (κ3) is 4.01. The number of hydrogen-bond acceptors (Lipinski definition) is 4. The molecule has 0 aliphatic carbocycles. The van der Waals surface area contributed by atoms with Gasteiger partial charge >= 0.3 is 0 Å². The Hall–Kier alpha value is -0.160. The zero-order valence-corrected chi connectivity index (χ0v) is 10.2. The highest BCUT2D eigenvalue weighted by atomic mass is 16.3. The van der Waals surface area contributed by atoms with Crippen molar-refractivity contribution in [2.24, 2.45) is 0 Å². The van der Waals surface area contributed by atoms with Crippen LogP contribution in [0.2, 0.25) is 0 Å². The molecule has 94 valence electrons. The lowest BCUT2D eigenvalue weighted by atomic mass is 10.3. The van der Waals surface area contributed by atoms with Crippen LogP contribution in [-0.2, 0) is 0 Å². The minimum Gasteiger partial charge on any atom is -0.390 e. The molecule has 2 aliphatic heterocycles. The average molecular weight is 227 g/mol. The fraction of sp³-hybridized carbons (Fsp3) is 1.00. The van der Waals surface area contributed by atoms with E-state index in [4.69, 9.17) is 0 Å². The zero-order chi connectivity index (χ0) is 11.2. The molecule has 0 spiro atoms. The van der Waals surface area contributed by atoms with Gasteiger partial charge in [0.05, 0.1) is 6.10 Å². The lowest BCUT2D eigenvalue weighted by Crippen LogP contribution is -2.40. The van der Waals surface area contributed by atoms with E-state index in [9.17, 15) is 5.11 Å². The van der Waals surface area contributed by atoms with E-state index >= 15 is 0 Å². The molecule has 0 unspecified atom stereocenters. The van der Waals surface area contributed by atoms with E-state index in [1.54, 1.807) is 0 Å². The highest BCUT2D eigenvalue weighted by Crippen LogP contribution is 2.08. The van der Waals surface area contributed by atoms with Crippen molar-refractivity contribution in [3.8, 4) is 0 Å². The highest BCUT2D eigenvalue weighted by Gasteiger charge is 2.18. The summed E-state index contributed by atoms with van der Waals surface area (Å²) in [7, 11) is 0. The number of aliphatic hydroxyl groups is 1. The molecule has 0 saturated carbocycles. The molecular weight excluding hydrogens is 202 g/mol. The van der Waals surface area contributed by atoms with E-state index in [2.05, 4.69) is 15.1 Å². The van der Waals surface area contributed by atoms with Gasteiger partial charge < -0.3 is 15.3 Å². The van der Waals surface area contributed by atoms with Crippen molar-refractivity contribution in [3.63, 3.8) is 0 Å². The van der Waals surface area contributed by atoms with E-state index in [1.165, 1.54) is 32.4 Å². The Morgan fingerprint density at radius 1 is 0.875 bits per heavy atom. The van der Waals surface area contributed by atoms with Crippen molar-refractivity contribution in [1.29, 1.82) is 0 Å². The summed E-state index contributed by atoms with van der Waals surface area (Å²) >= 11 is 0. The molecule has 1 atom stereocenters. The number of likely N-dealkylation sites (tertiary alicyclic amines) is 1. The van der Waals surface area contributed by atoms with Crippen molar-refractivity contribution in [2.75, 3.05) is 52.4 Å². The first-order valence-electron chi connectivity index (χ1n) is 6.68. The van der Waals surface area contributed by atoms with Gasteiger partial charge in [0.2, 0.25) is 0 Å². The van der Waals surface area contributed by atoms with Gasteiger partial charge in [-0.1, -0.05) is 0 Å². The average Bonchev–Trinajstić information content (AvgIpc) is 2.62. The number of hydrogen-bond donors (Lipinski definition) is 2. The molecule has 2 aliphatic rings. The van der Waals surface area contributed by atoms with E-state index in [1.807, 2.05) is 0 Å². The molecular formula is C12H25N3O. The van der Waals surface area contributed by atoms with Crippen LogP contribution in [0.3, 0.4) is 0 Å². The minimum absolute atomic E-state index is 0.170. The number of nitrogens with zero attached hydrogens (tertiary/aromatic N) is 2. The maximum atomic E-state index is 10.0. The Labute approximate surface area is 98.6 Å². The quantitative estimate of drug-likeness (QED) is 0.694. The smallest absolute Gasteiger partial charge is 0.0793 e. The molecule has 0 aromatic rings. The van der Waals surface area contributed by atoms with Gasteiger partial charge in [0.15, 0.2) is 0 Å². The summed E-state index contributed by atoms with van der Waals surface area (Å²) in [5.74, 6) is 0. The third-order valence-electron chi connectivity index (χ3n) is 3.57. The lowest BCUT2D eigenvalue weighted by molar-refractivity contribution is 0.0837. The summed E-state index contributed by atoms with van der Waals surface area (Å²) in [5, 5.41) is 13.4. The van der Waals surface area contributed by atoms with Crippen LogP contribution >= 0.6 is 0 Å². The van der Waals surface area contributed by atoms with Gasteiger partial charge in [0.1, 0.15) is 0 Å². The molecule has 4 nitrogen and oxygen atoms in total. The van der Waals surface area contributed by atoms with Crippen LogP contribution in [-0.4, -0.2) is 73.4 Å².